The monoisotopic (exact) mass is 324 g/mol. The van der Waals surface area contributed by atoms with Gasteiger partial charge in [-0.25, -0.2) is 8.78 Å². The van der Waals surface area contributed by atoms with Crippen LogP contribution in [0.5, 0.6) is 0 Å². The summed E-state index contributed by atoms with van der Waals surface area (Å²) < 4.78 is 31.1. The molecule has 1 aromatic carbocycles. The van der Waals surface area contributed by atoms with E-state index in [1.807, 2.05) is 0 Å². The van der Waals surface area contributed by atoms with Crippen molar-refractivity contribution in [2.24, 2.45) is 0 Å². The highest BCUT2D eigenvalue weighted by Gasteiger charge is 2.17. The van der Waals surface area contributed by atoms with Crippen molar-refractivity contribution in [2.75, 3.05) is 13.2 Å². The Morgan fingerprint density at radius 3 is 2.48 bits per heavy atom. The van der Waals surface area contributed by atoms with Crippen LogP contribution in [0.1, 0.15) is 22.2 Å². The molecule has 0 aliphatic carbocycles. The quantitative estimate of drug-likeness (QED) is 0.743. The minimum atomic E-state index is -0.891. The molecule has 1 atom stereocenters. The summed E-state index contributed by atoms with van der Waals surface area (Å²) in [6.07, 6.45) is 1.39. The van der Waals surface area contributed by atoms with Crippen LogP contribution < -0.4 is 10.6 Å². The molecule has 3 N–H and O–H groups in total. The maximum atomic E-state index is 13.0. The van der Waals surface area contributed by atoms with Gasteiger partial charge in [0.25, 0.3) is 5.91 Å². The van der Waals surface area contributed by atoms with Crippen molar-refractivity contribution in [1.82, 2.24) is 10.6 Å². The summed E-state index contributed by atoms with van der Waals surface area (Å²) in [5, 5.41) is 13.9. The number of furan rings is 1. The van der Waals surface area contributed by atoms with E-state index in [4.69, 9.17) is 4.42 Å². The molecule has 2 amide bonds. The van der Waals surface area contributed by atoms with E-state index >= 15 is 0 Å². The van der Waals surface area contributed by atoms with Gasteiger partial charge in [0.2, 0.25) is 5.91 Å². The Hall–Kier alpha value is -2.74. The molecule has 6 nitrogen and oxygen atoms in total. The maximum absolute atomic E-state index is 13.0. The first-order valence-corrected chi connectivity index (χ1v) is 6.67. The Morgan fingerprint density at radius 1 is 1.22 bits per heavy atom. The Balaban J connectivity index is 1.89. The van der Waals surface area contributed by atoms with Gasteiger partial charge in [-0.05, 0) is 24.3 Å². The second-order valence-electron chi connectivity index (χ2n) is 4.66. The molecule has 1 aromatic heterocycles. The highest BCUT2D eigenvalue weighted by atomic mass is 19.1. The normalized spacial score (nSPS) is 11.8. The SMILES string of the molecule is O=C(CNC(=O)c1cc(F)cc(F)c1)NC(CO)c1ccco1. The van der Waals surface area contributed by atoms with Crippen LogP contribution in [-0.2, 0) is 4.79 Å². The molecule has 1 heterocycles. The fourth-order valence-corrected chi connectivity index (χ4v) is 1.89. The van der Waals surface area contributed by atoms with E-state index in [0.29, 0.717) is 11.8 Å². The van der Waals surface area contributed by atoms with Crippen LogP contribution >= 0.6 is 0 Å². The Bertz CT molecular complexity index is 669. The van der Waals surface area contributed by atoms with E-state index in [2.05, 4.69) is 10.6 Å². The van der Waals surface area contributed by atoms with Crippen molar-refractivity contribution in [3.63, 3.8) is 0 Å². The zero-order chi connectivity index (χ0) is 16.8. The maximum Gasteiger partial charge on any atom is 0.251 e. The zero-order valence-corrected chi connectivity index (χ0v) is 11.9. The molecule has 0 fully saturated rings. The van der Waals surface area contributed by atoms with Crippen molar-refractivity contribution in [2.45, 2.75) is 6.04 Å². The lowest BCUT2D eigenvalue weighted by molar-refractivity contribution is -0.121. The minimum Gasteiger partial charge on any atom is -0.467 e. The summed E-state index contributed by atoms with van der Waals surface area (Å²) in [4.78, 5) is 23.5. The molecule has 2 aromatic rings. The molecule has 0 aliphatic rings. The third kappa shape index (κ3) is 4.62. The number of amides is 2. The molecule has 0 spiro atoms. The van der Waals surface area contributed by atoms with Crippen molar-refractivity contribution in [3.05, 3.63) is 59.6 Å². The van der Waals surface area contributed by atoms with Gasteiger partial charge in [0.1, 0.15) is 23.4 Å². The molecule has 0 radical (unpaired) electrons. The van der Waals surface area contributed by atoms with E-state index in [0.717, 1.165) is 12.1 Å². The number of aliphatic hydroxyl groups excluding tert-OH is 1. The first kappa shape index (κ1) is 16.6. The second-order valence-corrected chi connectivity index (χ2v) is 4.66. The van der Waals surface area contributed by atoms with Crippen molar-refractivity contribution in [3.8, 4) is 0 Å². The zero-order valence-electron chi connectivity index (χ0n) is 11.9. The van der Waals surface area contributed by atoms with Crippen LogP contribution in [0, 0.1) is 11.6 Å². The van der Waals surface area contributed by atoms with Gasteiger partial charge in [-0.3, -0.25) is 9.59 Å². The first-order chi connectivity index (χ1) is 11.0. The summed E-state index contributed by atoms with van der Waals surface area (Å²) in [6, 6.07) is 4.78. The summed E-state index contributed by atoms with van der Waals surface area (Å²) in [6.45, 7) is -0.809. The third-order valence-corrected chi connectivity index (χ3v) is 2.94. The first-order valence-electron chi connectivity index (χ1n) is 6.67. The molecule has 0 saturated heterocycles. The summed E-state index contributed by atoms with van der Waals surface area (Å²) in [5.74, 6) is -2.81. The number of aliphatic hydroxyl groups is 1. The fourth-order valence-electron chi connectivity index (χ4n) is 1.89. The number of rotatable bonds is 6. The lowest BCUT2D eigenvalue weighted by Gasteiger charge is -2.14. The van der Waals surface area contributed by atoms with E-state index < -0.39 is 36.0 Å². The van der Waals surface area contributed by atoms with Crippen molar-refractivity contribution >= 4 is 11.8 Å². The van der Waals surface area contributed by atoms with Gasteiger partial charge in [-0.15, -0.1) is 0 Å². The lowest BCUT2D eigenvalue weighted by atomic mass is 10.2. The Labute approximate surface area is 130 Å². The number of halogens is 2. The smallest absolute Gasteiger partial charge is 0.251 e. The van der Waals surface area contributed by atoms with Gasteiger partial charge in [0.15, 0.2) is 0 Å². The second kappa shape index (κ2) is 7.50. The molecule has 2 rings (SSSR count). The Morgan fingerprint density at radius 2 is 1.91 bits per heavy atom. The van der Waals surface area contributed by atoms with Gasteiger partial charge in [-0.1, -0.05) is 0 Å². The van der Waals surface area contributed by atoms with Crippen LogP contribution in [0.4, 0.5) is 8.78 Å². The highest BCUT2D eigenvalue weighted by molar-refractivity contribution is 5.96. The van der Waals surface area contributed by atoms with E-state index in [1.54, 1.807) is 12.1 Å². The minimum absolute atomic E-state index is 0.236. The lowest BCUT2D eigenvalue weighted by Crippen LogP contribution is -2.39. The third-order valence-electron chi connectivity index (χ3n) is 2.94. The molecular formula is C15H14F2N2O4. The van der Waals surface area contributed by atoms with Crippen molar-refractivity contribution < 1.29 is 27.9 Å². The Kier molecular flexibility index (Phi) is 5.42. The molecule has 122 valence electrons. The number of carbonyl (C=O) groups is 2. The van der Waals surface area contributed by atoms with Crippen molar-refractivity contribution in [1.29, 1.82) is 0 Å². The number of benzene rings is 1. The molecular weight excluding hydrogens is 310 g/mol. The van der Waals surface area contributed by atoms with Gasteiger partial charge in [0, 0.05) is 11.6 Å². The molecule has 1 unspecified atom stereocenters. The topological polar surface area (TPSA) is 91.6 Å². The van der Waals surface area contributed by atoms with E-state index in [-0.39, 0.29) is 12.2 Å². The average Bonchev–Trinajstić information content (AvgIpc) is 3.03. The van der Waals surface area contributed by atoms with Gasteiger partial charge in [-0.2, -0.15) is 0 Å². The molecule has 0 aliphatic heterocycles. The van der Waals surface area contributed by atoms with E-state index in [9.17, 15) is 23.5 Å². The molecule has 0 saturated carbocycles. The number of carbonyl (C=O) groups excluding carboxylic acids is 2. The van der Waals surface area contributed by atoms with Crippen LogP contribution in [0.25, 0.3) is 0 Å². The molecule has 23 heavy (non-hydrogen) atoms. The number of nitrogens with one attached hydrogen (secondary N) is 2. The molecule has 8 heteroatoms. The molecule has 0 bridgehead atoms. The fraction of sp³-hybridized carbons (Fsp3) is 0.200. The average molecular weight is 324 g/mol. The van der Waals surface area contributed by atoms with Crippen LogP contribution in [0.2, 0.25) is 0 Å². The summed E-state index contributed by atoms with van der Waals surface area (Å²) in [5.41, 5.74) is -0.236. The predicted octanol–water partition coefficient (Wildman–Crippen LogP) is 1.14. The van der Waals surface area contributed by atoms with Gasteiger partial charge in [0.05, 0.1) is 19.4 Å². The van der Waals surface area contributed by atoms with Gasteiger partial charge < -0.3 is 20.2 Å². The highest BCUT2D eigenvalue weighted by Crippen LogP contribution is 2.12. The number of hydrogen-bond donors (Lipinski definition) is 3. The van der Waals surface area contributed by atoms with E-state index in [1.165, 1.54) is 6.26 Å². The van der Waals surface area contributed by atoms with Crippen LogP contribution in [-0.4, -0.2) is 30.1 Å². The predicted molar refractivity (Wildman–Crippen MR) is 75.4 cm³/mol. The number of hydrogen-bond acceptors (Lipinski definition) is 4. The summed E-state index contributed by atoms with van der Waals surface area (Å²) in [7, 11) is 0. The van der Waals surface area contributed by atoms with Crippen LogP contribution in [0.15, 0.2) is 41.0 Å². The standard InChI is InChI=1S/C15H14F2N2O4/c16-10-4-9(5-11(17)6-10)15(22)18-7-14(21)19-12(8-20)13-2-1-3-23-13/h1-6,12,20H,7-8H2,(H,18,22)(H,19,21). The summed E-state index contributed by atoms with van der Waals surface area (Å²) >= 11 is 0. The largest absolute Gasteiger partial charge is 0.467 e. The van der Waals surface area contributed by atoms with Crippen LogP contribution in [0.3, 0.4) is 0 Å². The van der Waals surface area contributed by atoms with Gasteiger partial charge >= 0.3 is 0 Å².